The first-order chi connectivity index (χ1) is 13.8. The number of nitro benzene ring substituents is 1. The molecule has 1 heterocycles. The van der Waals surface area contributed by atoms with Crippen LogP contribution in [0.15, 0.2) is 56.8 Å². The fraction of sp³-hybridized carbons (Fsp3) is 0.211. The van der Waals surface area contributed by atoms with E-state index in [1.54, 1.807) is 19.9 Å². The van der Waals surface area contributed by atoms with Crippen molar-refractivity contribution in [1.29, 1.82) is 0 Å². The van der Waals surface area contributed by atoms with Gasteiger partial charge in [0, 0.05) is 24.3 Å². The first-order valence-electron chi connectivity index (χ1n) is 8.69. The second-order valence-electron chi connectivity index (χ2n) is 6.46. The predicted octanol–water partition coefficient (Wildman–Crippen LogP) is 2.89. The Kier molecular flexibility index (Phi) is 5.83. The quantitative estimate of drug-likeness (QED) is 0.276. The Hall–Kier alpha value is -3.40. The summed E-state index contributed by atoms with van der Waals surface area (Å²) < 4.78 is 6.36. The van der Waals surface area contributed by atoms with Gasteiger partial charge in [-0.25, -0.2) is 4.79 Å². The van der Waals surface area contributed by atoms with Crippen LogP contribution in [0.3, 0.4) is 0 Å². The van der Waals surface area contributed by atoms with E-state index in [4.69, 9.17) is 4.52 Å². The largest absolute Gasteiger partial charge is 0.442 e. The number of carbonyl (C=O) groups is 1. The summed E-state index contributed by atoms with van der Waals surface area (Å²) in [5, 5.41) is 15.7. The van der Waals surface area contributed by atoms with E-state index in [-0.39, 0.29) is 10.7 Å². The lowest BCUT2D eigenvalue weighted by molar-refractivity contribution is -0.704. The van der Waals surface area contributed by atoms with Crippen molar-refractivity contribution in [3.8, 4) is 5.69 Å². The molecule has 29 heavy (non-hydrogen) atoms. The van der Waals surface area contributed by atoms with Gasteiger partial charge in [0.15, 0.2) is 0 Å². The van der Waals surface area contributed by atoms with Gasteiger partial charge in [0.1, 0.15) is 0 Å². The number of non-ortho nitro benzene ring substituents is 1. The number of aromatic nitrogens is 2. The van der Waals surface area contributed by atoms with Crippen LogP contribution in [-0.4, -0.2) is 21.4 Å². The second-order valence-corrected chi connectivity index (χ2v) is 7.79. The number of anilines is 1. The third kappa shape index (κ3) is 4.54. The molecule has 0 saturated heterocycles. The number of carbonyl (C=O) groups excluding carboxylic acids is 1. The maximum atomic E-state index is 12.6. The SMILES string of the molecule is Cc1ccc(-[n+]2[nH]oc(=O)c2SC(C)C(=O)Nc2cc([N+](=O)[O-])ccc2C)cc1. The predicted molar refractivity (Wildman–Crippen MR) is 107 cm³/mol. The maximum Gasteiger partial charge on any atom is 0.442 e. The standard InChI is InChI=1S/C19H18N4O5S/c1-11-4-7-14(8-5-11)22-18(19(25)28-21-22)29-13(3)17(24)20-16-10-15(23(26)27)9-6-12(16)2/h4-10,13H,1-3H3,(H-,20,21,24,25)/p+1. The molecule has 2 N–H and O–H groups in total. The summed E-state index contributed by atoms with van der Waals surface area (Å²) in [6, 6.07) is 11.7. The smallest absolute Gasteiger partial charge is 0.325 e. The molecule has 1 amide bonds. The molecule has 0 aliphatic heterocycles. The van der Waals surface area contributed by atoms with E-state index in [1.807, 2.05) is 31.2 Å². The highest BCUT2D eigenvalue weighted by Gasteiger charge is 2.29. The molecule has 1 atom stereocenters. The van der Waals surface area contributed by atoms with Gasteiger partial charge >= 0.3 is 10.7 Å². The number of benzene rings is 2. The monoisotopic (exact) mass is 415 g/mol. The van der Waals surface area contributed by atoms with Crippen molar-refractivity contribution in [3.05, 3.63) is 74.1 Å². The number of aromatic amines is 1. The van der Waals surface area contributed by atoms with E-state index in [0.717, 1.165) is 17.3 Å². The fourth-order valence-electron chi connectivity index (χ4n) is 2.54. The lowest BCUT2D eigenvalue weighted by Crippen LogP contribution is -2.37. The molecule has 2 aromatic carbocycles. The molecular formula is C19H19N4O5S+. The second kappa shape index (κ2) is 8.31. The Labute approximate surface area is 169 Å². The van der Waals surface area contributed by atoms with Crippen molar-refractivity contribution >= 4 is 29.0 Å². The third-order valence-electron chi connectivity index (χ3n) is 4.25. The zero-order valence-electron chi connectivity index (χ0n) is 16.0. The molecule has 0 bridgehead atoms. The van der Waals surface area contributed by atoms with Gasteiger partial charge in [0.05, 0.1) is 15.9 Å². The molecular weight excluding hydrogens is 396 g/mol. The molecule has 3 aromatic rings. The van der Waals surface area contributed by atoms with Crippen molar-refractivity contribution in [1.82, 2.24) is 5.27 Å². The number of rotatable bonds is 6. The van der Waals surface area contributed by atoms with Crippen LogP contribution in [0.25, 0.3) is 5.69 Å². The van der Waals surface area contributed by atoms with Crippen molar-refractivity contribution < 1.29 is 18.9 Å². The van der Waals surface area contributed by atoms with Crippen LogP contribution in [0.2, 0.25) is 0 Å². The number of H-pyrrole nitrogens is 1. The van der Waals surface area contributed by atoms with Gasteiger partial charge in [-0.05, 0) is 48.0 Å². The normalized spacial score (nSPS) is 11.8. The number of amides is 1. The number of nitro groups is 1. The number of nitrogens with zero attached hydrogens (tertiary/aromatic N) is 2. The van der Waals surface area contributed by atoms with E-state index in [0.29, 0.717) is 16.9 Å². The van der Waals surface area contributed by atoms with Crippen molar-refractivity contribution in [3.63, 3.8) is 0 Å². The lowest BCUT2D eigenvalue weighted by Gasteiger charge is -2.11. The van der Waals surface area contributed by atoms with Gasteiger partial charge in [0.2, 0.25) is 11.6 Å². The topological polar surface area (TPSA) is 122 Å². The van der Waals surface area contributed by atoms with E-state index in [2.05, 4.69) is 10.6 Å². The highest BCUT2D eigenvalue weighted by Crippen LogP contribution is 2.24. The minimum Gasteiger partial charge on any atom is -0.325 e. The Morgan fingerprint density at radius 3 is 2.59 bits per heavy atom. The molecule has 9 nitrogen and oxygen atoms in total. The Morgan fingerprint density at radius 2 is 1.93 bits per heavy atom. The molecule has 150 valence electrons. The van der Waals surface area contributed by atoms with Crippen molar-refractivity contribution in [2.75, 3.05) is 5.32 Å². The number of hydrogen-bond donors (Lipinski definition) is 2. The molecule has 3 rings (SSSR count). The molecule has 0 radical (unpaired) electrons. The van der Waals surface area contributed by atoms with Gasteiger partial charge in [-0.3, -0.25) is 19.4 Å². The number of aryl methyl sites for hydroxylation is 2. The fourth-order valence-corrected chi connectivity index (χ4v) is 3.43. The minimum atomic E-state index is -0.663. The van der Waals surface area contributed by atoms with Crippen LogP contribution in [0.4, 0.5) is 11.4 Å². The van der Waals surface area contributed by atoms with Gasteiger partial charge in [-0.2, -0.15) is 0 Å². The maximum absolute atomic E-state index is 12.6. The first-order valence-corrected chi connectivity index (χ1v) is 9.57. The minimum absolute atomic E-state index is 0.116. The van der Waals surface area contributed by atoms with E-state index in [9.17, 15) is 19.7 Å². The van der Waals surface area contributed by atoms with Crippen molar-refractivity contribution in [2.45, 2.75) is 31.0 Å². The summed E-state index contributed by atoms with van der Waals surface area (Å²) in [5.74, 6) is -0.394. The summed E-state index contributed by atoms with van der Waals surface area (Å²) in [6.07, 6.45) is 0. The molecule has 0 fully saturated rings. The molecule has 10 heteroatoms. The number of thioether (sulfide) groups is 1. The number of nitrogens with one attached hydrogen (secondary N) is 2. The van der Waals surface area contributed by atoms with Gasteiger partial charge in [-0.15, -0.1) is 0 Å². The summed E-state index contributed by atoms with van der Waals surface area (Å²) in [7, 11) is 0. The molecule has 0 saturated carbocycles. The summed E-state index contributed by atoms with van der Waals surface area (Å²) in [4.78, 5) is 35.2. The Morgan fingerprint density at radius 1 is 1.24 bits per heavy atom. The zero-order valence-corrected chi connectivity index (χ0v) is 16.8. The van der Waals surface area contributed by atoms with Crippen LogP contribution >= 0.6 is 11.8 Å². The number of hydrogen-bond acceptors (Lipinski definition) is 6. The summed E-state index contributed by atoms with van der Waals surface area (Å²) >= 11 is 1.03. The van der Waals surface area contributed by atoms with Crippen LogP contribution in [-0.2, 0) is 4.79 Å². The van der Waals surface area contributed by atoms with E-state index in [1.165, 1.54) is 16.8 Å². The summed E-state index contributed by atoms with van der Waals surface area (Å²) in [5.41, 5.74) is 2.08. The molecule has 0 aliphatic carbocycles. The van der Waals surface area contributed by atoms with Crippen molar-refractivity contribution in [2.24, 2.45) is 0 Å². The average molecular weight is 415 g/mol. The molecule has 1 aromatic heterocycles. The Balaban J connectivity index is 1.80. The highest BCUT2D eigenvalue weighted by molar-refractivity contribution is 8.00. The zero-order chi connectivity index (χ0) is 21.1. The van der Waals surface area contributed by atoms with Crippen LogP contribution in [0.5, 0.6) is 0 Å². The summed E-state index contributed by atoms with van der Waals surface area (Å²) in [6.45, 7) is 5.33. The van der Waals surface area contributed by atoms with Crippen LogP contribution < -0.4 is 15.6 Å². The molecule has 1 unspecified atom stereocenters. The van der Waals surface area contributed by atoms with E-state index >= 15 is 0 Å². The highest BCUT2D eigenvalue weighted by atomic mass is 32.2. The average Bonchev–Trinajstić information content (AvgIpc) is 3.04. The van der Waals surface area contributed by atoms with Gasteiger partial charge in [0.25, 0.3) is 5.69 Å². The Bertz CT molecular complexity index is 1120. The molecule has 0 aliphatic rings. The lowest BCUT2D eigenvalue weighted by atomic mass is 10.2. The van der Waals surface area contributed by atoms with Gasteiger partial charge in [-0.1, -0.05) is 23.8 Å². The van der Waals surface area contributed by atoms with E-state index < -0.39 is 21.7 Å². The van der Waals surface area contributed by atoms with Crippen LogP contribution in [0.1, 0.15) is 18.1 Å². The third-order valence-corrected chi connectivity index (χ3v) is 5.39. The molecule has 0 spiro atoms. The van der Waals surface area contributed by atoms with Crippen LogP contribution in [0, 0.1) is 24.0 Å². The first kappa shape index (κ1) is 20.3. The van der Waals surface area contributed by atoms with Gasteiger partial charge < -0.3 is 5.32 Å².